The van der Waals surface area contributed by atoms with Gasteiger partial charge in [0.15, 0.2) is 0 Å². The maximum absolute atomic E-state index is 11.8. The minimum atomic E-state index is -0.0601. The van der Waals surface area contributed by atoms with E-state index >= 15 is 0 Å². The number of benzene rings is 1. The van der Waals surface area contributed by atoms with E-state index in [0.717, 1.165) is 42.7 Å². The molecule has 1 fully saturated rings. The average molecular weight is 356 g/mol. The average Bonchev–Trinajstić information content (AvgIpc) is 2.48. The van der Waals surface area contributed by atoms with Crippen LogP contribution in [0.2, 0.25) is 0 Å². The lowest BCUT2D eigenvalue weighted by atomic mass is 9.98. The number of hydrogen-bond acceptors (Lipinski definition) is 4. The number of carbonyl (C=O) groups excluding carboxylic acids is 1. The Balaban J connectivity index is 1.74. The zero-order chi connectivity index (χ0) is 15.1. The summed E-state index contributed by atoms with van der Waals surface area (Å²) >= 11 is 3.43. The van der Waals surface area contributed by atoms with Gasteiger partial charge in [-0.15, -0.1) is 0 Å². The minimum absolute atomic E-state index is 0.0181. The highest BCUT2D eigenvalue weighted by molar-refractivity contribution is 9.10. The molecule has 1 aliphatic rings. The van der Waals surface area contributed by atoms with Gasteiger partial charge in [0.1, 0.15) is 12.4 Å². The van der Waals surface area contributed by atoms with Crippen molar-refractivity contribution in [2.75, 3.05) is 32.8 Å². The molecule has 0 saturated carbocycles. The van der Waals surface area contributed by atoms with E-state index < -0.39 is 0 Å². The highest BCUT2D eigenvalue weighted by Gasteiger charge is 2.26. The number of carbonyl (C=O) groups is 1. The fourth-order valence-corrected chi connectivity index (χ4v) is 2.94. The Hall–Kier alpha value is -1.07. The van der Waals surface area contributed by atoms with E-state index in [4.69, 9.17) is 9.47 Å². The molecule has 116 valence electrons. The standard InChI is InChI=1S/C16H22BrNO3/c1-2-20-16(19)13-5-4-8-18(12-13)9-10-21-15-7-3-6-14(17)11-15/h3,6-7,11,13H,2,4-5,8-10,12H2,1H3/t13-/m0/s1. The van der Waals surface area contributed by atoms with E-state index in [9.17, 15) is 4.79 Å². The van der Waals surface area contributed by atoms with Gasteiger partial charge in [0, 0.05) is 17.6 Å². The number of ether oxygens (including phenoxy) is 2. The number of hydrogen-bond donors (Lipinski definition) is 0. The van der Waals surface area contributed by atoms with Gasteiger partial charge in [-0.2, -0.15) is 0 Å². The van der Waals surface area contributed by atoms with Crippen LogP contribution in [0.5, 0.6) is 5.75 Å². The topological polar surface area (TPSA) is 38.8 Å². The lowest BCUT2D eigenvalue weighted by Gasteiger charge is -2.31. The molecule has 0 aliphatic carbocycles. The molecule has 1 aromatic carbocycles. The molecule has 0 unspecified atom stereocenters. The quantitative estimate of drug-likeness (QED) is 0.735. The highest BCUT2D eigenvalue weighted by Crippen LogP contribution is 2.19. The van der Waals surface area contributed by atoms with Crippen LogP contribution in [0.3, 0.4) is 0 Å². The molecule has 1 aromatic rings. The second kappa shape index (κ2) is 8.39. The van der Waals surface area contributed by atoms with Crippen molar-refractivity contribution in [3.63, 3.8) is 0 Å². The summed E-state index contributed by atoms with van der Waals surface area (Å²) < 4.78 is 11.9. The van der Waals surface area contributed by atoms with E-state index in [2.05, 4.69) is 20.8 Å². The first-order chi connectivity index (χ1) is 10.2. The van der Waals surface area contributed by atoms with E-state index in [1.165, 1.54) is 0 Å². The molecule has 0 amide bonds. The van der Waals surface area contributed by atoms with Crippen LogP contribution < -0.4 is 4.74 Å². The van der Waals surface area contributed by atoms with Crippen LogP contribution >= 0.6 is 15.9 Å². The molecule has 0 spiro atoms. The van der Waals surface area contributed by atoms with Crippen molar-refractivity contribution in [1.29, 1.82) is 0 Å². The fourth-order valence-electron chi connectivity index (χ4n) is 2.56. The molecule has 0 N–H and O–H groups in total. The summed E-state index contributed by atoms with van der Waals surface area (Å²) in [4.78, 5) is 14.1. The molecule has 21 heavy (non-hydrogen) atoms. The Kier molecular flexibility index (Phi) is 6.51. The molecule has 1 aliphatic heterocycles. The maximum atomic E-state index is 11.8. The van der Waals surface area contributed by atoms with Gasteiger partial charge in [-0.3, -0.25) is 9.69 Å². The molecule has 0 radical (unpaired) electrons. The summed E-state index contributed by atoms with van der Waals surface area (Å²) in [5, 5.41) is 0. The third-order valence-electron chi connectivity index (χ3n) is 3.60. The van der Waals surface area contributed by atoms with Crippen LogP contribution in [-0.4, -0.2) is 43.7 Å². The molecule has 1 atom stereocenters. The summed E-state index contributed by atoms with van der Waals surface area (Å²) in [6.45, 7) is 5.58. The van der Waals surface area contributed by atoms with Crippen LogP contribution in [0.25, 0.3) is 0 Å². The van der Waals surface area contributed by atoms with Gasteiger partial charge in [0.05, 0.1) is 12.5 Å². The first kappa shape index (κ1) is 16.3. The Morgan fingerprint density at radius 3 is 3.10 bits per heavy atom. The van der Waals surface area contributed by atoms with Crippen LogP contribution in [0.15, 0.2) is 28.7 Å². The maximum Gasteiger partial charge on any atom is 0.310 e. The molecule has 1 saturated heterocycles. The first-order valence-corrected chi connectivity index (χ1v) is 8.25. The number of piperidine rings is 1. The van der Waals surface area contributed by atoms with E-state index in [1.807, 2.05) is 31.2 Å². The summed E-state index contributed by atoms with van der Waals surface area (Å²) in [5.41, 5.74) is 0. The molecular weight excluding hydrogens is 334 g/mol. The summed E-state index contributed by atoms with van der Waals surface area (Å²) in [6.07, 6.45) is 1.97. The molecule has 0 bridgehead atoms. The van der Waals surface area contributed by atoms with Crippen molar-refractivity contribution in [3.05, 3.63) is 28.7 Å². The summed E-state index contributed by atoms with van der Waals surface area (Å²) in [6, 6.07) is 7.83. The lowest BCUT2D eigenvalue weighted by Crippen LogP contribution is -2.41. The minimum Gasteiger partial charge on any atom is -0.492 e. The highest BCUT2D eigenvalue weighted by atomic mass is 79.9. The number of halogens is 1. The Morgan fingerprint density at radius 1 is 1.48 bits per heavy atom. The van der Waals surface area contributed by atoms with Crippen molar-refractivity contribution in [2.24, 2.45) is 5.92 Å². The van der Waals surface area contributed by atoms with Crippen LogP contribution in [-0.2, 0) is 9.53 Å². The third-order valence-corrected chi connectivity index (χ3v) is 4.09. The zero-order valence-electron chi connectivity index (χ0n) is 12.4. The SMILES string of the molecule is CCOC(=O)[C@H]1CCCN(CCOc2cccc(Br)c2)C1. The number of nitrogens with zero attached hydrogens (tertiary/aromatic N) is 1. The van der Waals surface area contributed by atoms with E-state index in [-0.39, 0.29) is 11.9 Å². The van der Waals surface area contributed by atoms with Crippen LogP contribution in [0, 0.1) is 5.92 Å². The van der Waals surface area contributed by atoms with Gasteiger partial charge in [-0.25, -0.2) is 0 Å². The van der Waals surface area contributed by atoms with Gasteiger partial charge < -0.3 is 9.47 Å². The Morgan fingerprint density at radius 2 is 2.33 bits per heavy atom. The predicted molar refractivity (Wildman–Crippen MR) is 85.4 cm³/mol. The van der Waals surface area contributed by atoms with Crippen molar-refractivity contribution in [1.82, 2.24) is 4.90 Å². The van der Waals surface area contributed by atoms with Crippen molar-refractivity contribution in [3.8, 4) is 5.75 Å². The largest absolute Gasteiger partial charge is 0.492 e. The Labute approximate surface area is 134 Å². The third kappa shape index (κ3) is 5.32. The van der Waals surface area contributed by atoms with Gasteiger partial charge in [-0.05, 0) is 44.5 Å². The van der Waals surface area contributed by atoms with Gasteiger partial charge in [-0.1, -0.05) is 22.0 Å². The number of likely N-dealkylation sites (tertiary alicyclic amines) is 1. The van der Waals surface area contributed by atoms with Gasteiger partial charge >= 0.3 is 5.97 Å². The fraction of sp³-hybridized carbons (Fsp3) is 0.562. The molecule has 0 aromatic heterocycles. The van der Waals surface area contributed by atoms with Crippen molar-refractivity contribution >= 4 is 21.9 Å². The second-order valence-electron chi connectivity index (χ2n) is 5.20. The summed E-state index contributed by atoms with van der Waals surface area (Å²) in [7, 11) is 0. The molecule has 5 heteroatoms. The predicted octanol–water partition coefficient (Wildman–Crippen LogP) is 3.10. The molecule has 2 rings (SSSR count). The van der Waals surface area contributed by atoms with E-state index in [1.54, 1.807) is 0 Å². The zero-order valence-corrected chi connectivity index (χ0v) is 14.0. The van der Waals surface area contributed by atoms with Crippen molar-refractivity contribution < 1.29 is 14.3 Å². The van der Waals surface area contributed by atoms with Crippen molar-refractivity contribution in [2.45, 2.75) is 19.8 Å². The first-order valence-electron chi connectivity index (χ1n) is 7.46. The molecule has 4 nitrogen and oxygen atoms in total. The van der Waals surface area contributed by atoms with Crippen LogP contribution in [0.1, 0.15) is 19.8 Å². The van der Waals surface area contributed by atoms with Gasteiger partial charge in [0.25, 0.3) is 0 Å². The summed E-state index contributed by atoms with van der Waals surface area (Å²) in [5.74, 6) is 0.822. The van der Waals surface area contributed by atoms with Crippen LogP contribution in [0.4, 0.5) is 0 Å². The number of esters is 1. The Bertz CT molecular complexity index is 467. The number of rotatable bonds is 6. The second-order valence-corrected chi connectivity index (χ2v) is 6.11. The van der Waals surface area contributed by atoms with E-state index in [0.29, 0.717) is 13.2 Å². The monoisotopic (exact) mass is 355 g/mol. The molecular formula is C16H22BrNO3. The molecule has 1 heterocycles. The smallest absolute Gasteiger partial charge is 0.310 e. The normalized spacial score (nSPS) is 19.2. The lowest BCUT2D eigenvalue weighted by molar-refractivity contribution is -0.150. The van der Waals surface area contributed by atoms with Gasteiger partial charge in [0.2, 0.25) is 0 Å².